The van der Waals surface area contributed by atoms with Gasteiger partial charge in [0.25, 0.3) is 0 Å². The van der Waals surface area contributed by atoms with Gasteiger partial charge in [0, 0.05) is 6.42 Å². The van der Waals surface area contributed by atoms with E-state index in [1.807, 2.05) is 0 Å². The van der Waals surface area contributed by atoms with Gasteiger partial charge in [0.2, 0.25) is 0 Å². The quantitative estimate of drug-likeness (QED) is 0.267. The van der Waals surface area contributed by atoms with E-state index >= 15 is 0 Å². The Balaban J connectivity index is 1.89. The van der Waals surface area contributed by atoms with Crippen LogP contribution >= 0.6 is 12.2 Å². The van der Waals surface area contributed by atoms with Crippen molar-refractivity contribution in [2.75, 3.05) is 13.2 Å². The highest BCUT2D eigenvalue weighted by atomic mass is 32.1. The smallest absolute Gasteiger partial charge is 0.159 e. The maximum Gasteiger partial charge on any atom is 0.159 e. The predicted octanol–water partition coefficient (Wildman–Crippen LogP) is 3.90. The lowest BCUT2D eigenvalue weighted by molar-refractivity contribution is -0.0663. The molecule has 1 aliphatic heterocycles. The van der Waals surface area contributed by atoms with Crippen LogP contribution in [0.4, 0.5) is 0 Å². The maximum atomic E-state index is 9.98. The van der Waals surface area contributed by atoms with Crippen LogP contribution in [-0.4, -0.2) is 58.0 Å². The highest BCUT2D eigenvalue weighted by Gasteiger charge is 2.39. The summed E-state index contributed by atoms with van der Waals surface area (Å²) in [6.45, 7) is 2.28. The Hall–Kier alpha value is -0.270. The summed E-state index contributed by atoms with van der Waals surface area (Å²) in [4.78, 5) is 0. The fourth-order valence-corrected chi connectivity index (χ4v) is 3.63. The van der Waals surface area contributed by atoms with Gasteiger partial charge >= 0.3 is 0 Å². The lowest BCUT2D eigenvalue weighted by Gasteiger charge is -2.21. The molecule has 5 nitrogen and oxygen atoms in total. The van der Waals surface area contributed by atoms with E-state index in [1.165, 1.54) is 64.2 Å². The molecule has 3 N–H and O–H groups in total. The van der Waals surface area contributed by atoms with Gasteiger partial charge in [-0.25, -0.2) is 0 Å². The van der Waals surface area contributed by atoms with E-state index in [4.69, 9.17) is 21.7 Å². The monoisotopic (exact) mass is 404 g/mol. The molecule has 1 heterocycles. The second-order valence-electron chi connectivity index (χ2n) is 7.75. The molecule has 6 heteroatoms. The highest BCUT2D eigenvalue weighted by Crippen LogP contribution is 2.18. The lowest BCUT2D eigenvalue weighted by atomic mass is 10.0. The van der Waals surface area contributed by atoms with Crippen LogP contribution in [0, 0.1) is 0 Å². The van der Waals surface area contributed by atoms with Crippen molar-refractivity contribution in [1.82, 2.24) is 0 Å². The number of aliphatic hydroxyl groups is 3. The summed E-state index contributed by atoms with van der Waals surface area (Å²) in [6.07, 6.45) is 12.5. The summed E-state index contributed by atoms with van der Waals surface area (Å²) < 4.78 is 10.6. The molecule has 0 amide bonds. The summed E-state index contributed by atoms with van der Waals surface area (Å²) in [5, 5.41) is 29.6. The first-order chi connectivity index (χ1) is 13.1. The summed E-state index contributed by atoms with van der Waals surface area (Å²) >= 11 is 5.19. The van der Waals surface area contributed by atoms with Crippen molar-refractivity contribution in [3.05, 3.63) is 0 Å². The molecule has 0 spiro atoms. The third-order valence-electron chi connectivity index (χ3n) is 5.22. The average Bonchev–Trinajstić information content (AvgIpc) is 2.99. The third-order valence-corrected chi connectivity index (χ3v) is 5.54. The number of hydrogen-bond acceptors (Lipinski definition) is 6. The Morgan fingerprint density at radius 2 is 1.48 bits per heavy atom. The van der Waals surface area contributed by atoms with Crippen LogP contribution in [0.5, 0.6) is 0 Å². The first kappa shape index (κ1) is 24.8. The molecule has 0 saturated carbocycles. The van der Waals surface area contributed by atoms with Gasteiger partial charge in [-0.1, -0.05) is 77.6 Å². The van der Waals surface area contributed by atoms with Crippen LogP contribution in [0.2, 0.25) is 0 Å². The predicted molar refractivity (Wildman–Crippen MR) is 112 cm³/mol. The second kappa shape index (κ2) is 15.6. The van der Waals surface area contributed by atoms with E-state index in [2.05, 4.69) is 6.92 Å². The van der Waals surface area contributed by atoms with Gasteiger partial charge in [-0.05, 0) is 18.6 Å². The number of thiocarbonyl (C=S) groups is 1. The van der Waals surface area contributed by atoms with Crippen molar-refractivity contribution in [2.24, 2.45) is 0 Å². The van der Waals surface area contributed by atoms with Gasteiger partial charge in [0.05, 0.1) is 6.61 Å². The average molecular weight is 405 g/mol. The number of aliphatic hydroxyl groups excluding tert-OH is 3. The molecule has 0 unspecified atom stereocenters. The summed E-state index contributed by atoms with van der Waals surface area (Å²) in [5.41, 5.74) is 0. The summed E-state index contributed by atoms with van der Waals surface area (Å²) in [5.74, 6) is 0. The van der Waals surface area contributed by atoms with E-state index < -0.39 is 24.4 Å². The molecule has 1 aliphatic rings. The zero-order valence-electron chi connectivity index (χ0n) is 17.0. The number of hydrogen-bond donors (Lipinski definition) is 3. The number of unbranched alkanes of at least 4 members (excludes halogenated alkanes) is 11. The second-order valence-corrected chi connectivity index (χ2v) is 8.20. The molecule has 4 atom stereocenters. The van der Waals surface area contributed by atoms with Gasteiger partial charge in [0.1, 0.15) is 31.0 Å². The van der Waals surface area contributed by atoms with Crippen LogP contribution < -0.4 is 0 Å². The van der Waals surface area contributed by atoms with Gasteiger partial charge in [-0.3, -0.25) is 0 Å². The first-order valence-electron chi connectivity index (χ1n) is 10.9. The van der Waals surface area contributed by atoms with Crippen molar-refractivity contribution in [2.45, 2.75) is 115 Å². The van der Waals surface area contributed by atoms with Gasteiger partial charge in [0.15, 0.2) is 5.05 Å². The topological polar surface area (TPSA) is 79.2 Å². The molecule has 160 valence electrons. The van der Waals surface area contributed by atoms with Crippen LogP contribution in [0.1, 0.15) is 90.4 Å². The van der Waals surface area contributed by atoms with E-state index in [9.17, 15) is 15.3 Å². The van der Waals surface area contributed by atoms with E-state index in [-0.39, 0.29) is 13.2 Å². The zero-order valence-corrected chi connectivity index (χ0v) is 17.8. The fourth-order valence-electron chi connectivity index (χ4n) is 3.42. The molecule has 0 bridgehead atoms. The Morgan fingerprint density at radius 1 is 0.963 bits per heavy atom. The Labute approximate surface area is 170 Å². The molecule has 0 aromatic heterocycles. The lowest BCUT2D eigenvalue weighted by Crippen LogP contribution is -2.41. The van der Waals surface area contributed by atoms with Crippen molar-refractivity contribution in [1.29, 1.82) is 0 Å². The van der Waals surface area contributed by atoms with E-state index in [0.717, 1.165) is 19.3 Å². The van der Waals surface area contributed by atoms with Crippen molar-refractivity contribution < 1.29 is 24.8 Å². The molecule has 1 fully saturated rings. The fraction of sp³-hybridized carbons (Fsp3) is 0.952. The zero-order chi connectivity index (χ0) is 19.9. The molecule has 0 aromatic rings. The van der Waals surface area contributed by atoms with E-state index in [1.54, 1.807) is 0 Å². The number of ether oxygens (including phenoxy) is 2. The minimum absolute atomic E-state index is 0.00840. The van der Waals surface area contributed by atoms with Crippen LogP contribution in [-0.2, 0) is 9.47 Å². The van der Waals surface area contributed by atoms with Gasteiger partial charge < -0.3 is 24.8 Å². The normalized spacial score (nSPS) is 23.5. The first-order valence-corrected chi connectivity index (χ1v) is 11.3. The largest absolute Gasteiger partial charge is 0.484 e. The van der Waals surface area contributed by atoms with Crippen LogP contribution in [0.25, 0.3) is 0 Å². The van der Waals surface area contributed by atoms with Gasteiger partial charge in [-0.2, -0.15) is 0 Å². The highest BCUT2D eigenvalue weighted by molar-refractivity contribution is 7.80. The minimum atomic E-state index is -1.08. The standard InChI is InChI=1S/C21H40O5S/c1-2-3-4-5-6-7-8-9-10-11-12-13-14-19(27)25-16-18(23)21-20(24)17(22)15-26-21/h17-18,20-24H,2-16H2,1H3/t17-,18+,20+,21+/m1/s1. The molecule has 0 radical (unpaired) electrons. The molecular formula is C21H40O5S. The Morgan fingerprint density at radius 3 is 1.96 bits per heavy atom. The maximum absolute atomic E-state index is 9.98. The van der Waals surface area contributed by atoms with Crippen molar-refractivity contribution in [3.8, 4) is 0 Å². The molecule has 1 saturated heterocycles. The Kier molecular flexibility index (Phi) is 14.3. The molecule has 1 rings (SSSR count). The summed E-state index contributed by atoms with van der Waals surface area (Å²) in [6, 6.07) is 0. The third kappa shape index (κ3) is 11.3. The molecule has 27 heavy (non-hydrogen) atoms. The summed E-state index contributed by atoms with van der Waals surface area (Å²) in [7, 11) is 0. The van der Waals surface area contributed by atoms with Crippen molar-refractivity contribution in [3.63, 3.8) is 0 Å². The minimum Gasteiger partial charge on any atom is -0.484 e. The van der Waals surface area contributed by atoms with Crippen LogP contribution in [0.3, 0.4) is 0 Å². The SMILES string of the molecule is CCCCCCCCCCCCCCC(=S)OC[C@H](O)[C@@H]1OC[C@@H](O)[C@@H]1O. The van der Waals surface area contributed by atoms with Gasteiger partial charge in [-0.15, -0.1) is 0 Å². The van der Waals surface area contributed by atoms with E-state index in [0.29, 0.717) is 5.05 Å². The van der Waals surface area contributed by atoms with Crippen LogP contribution in [0.15, 0.2) is 0 Å². The number of rotatable bonds is 16. The molecular weight excluding hydrogens is 364 g/mol. The molecule has 0 aromatic carbocycles. The molecule has 0 aliphatic carbocycles. The van der Waals surface area contributed by atoms with Crippen molar-refractivity contribution >= 4 is 17.3 Å². The Bertz CT molecular complexity index is 380.